The number of halogens is 3. The molecule has 0 atom stereocenters. The summed E-state index contributed by atoms with van der Waals surface area (Å²) in [6, 6.07) is 6.20. The third kappa shape index (κ3) is 5.84. The van der Waals surface area contributed by atoms with Gasteiger partial charge in [0, 0.05) is 43.7 Å². The van der Waals surface area contributed by atoms with Gasteiger partial charge in [-0.25, -0.2) is 9.67 Å². The van der Waals surface area contributed by atoms with Gasteiger partial charge in [-0.2, -0.15) is 23.1 Å². The zero-order chi connectivity index (χ0) is 27.7. The fraction of sp³-hybridized carbons (Fsp3) is 0.519. The SMILES string of the molecule is CCN(CC1CCC1)c1nc2c(cnn2CC)cc1CN(Cc1cc(C)cc(C(F)(F)F)c1)c1nnn(C)n1. The van der Waals surface area contributed by atoms with Gasteiger partial charge in [-0.05, 0) is 68.5 Å². The second-order valence-corrected chi connectivity index (χ2v) is 10.3. The first kappa shape index (κ1) is 26.9. The number of hydrogen-bond donors (Lipinski definition) is 0. The Morgan fingerprint density at radius 1 is 1.05 bits per heavy atom. The van der Waals surface area contributed by atoms with Gasteiger partial charge in [0.05, 0.1) is 18.8 Å². The van der Waals surface area contributed by atoms with Crippen molar-refractivity contribution in [3.8, 4) is 0 Å². The zero-order valence-electron chi connectivity index (χ0n) is 22.8. The summed E-state index contributed by atoms with van der Waals surface area (Å²) in [6.07, 6.45) is 1.06. The van der Waals surface area contributed by atoms with Crippen molar-refractivity contribution < 1.29 is 13.2 Å². The zero-order valence-corrected chi connectivity index (χ0v) is 22.8. The predicted molar refractivity (Wildman–Crippen MR) is 143 cm³/mol. The quantitative estimate of drug-likeness (QED) is 0.275. The van der Waals surface area contributed by atoms with E-state index >= 15 is 0 Å². The number of fused-ring (bicyclic) bond motifs is 1. The molecule has 0 bridgehead atoms. The number of rotatable bonds is 10. The van der Waals surface area contributed by atoms with Crippen molar-refractivity contribution in [2.75, 3.05) is 22.9 Å². The monoisotopic (exact) mass is 541 g/mol. The molecule has 0 spiro atoms. The minimum absolute atomic E-state index is 0.177. The molecular formula is C27H34F3N9. The van der Waals surface area contributed by atoms with Crippen LogP contribution >= 0.6 is 0 Å². The molecule has 9 nitrogen and oxygen atoms in total. The maximum Gasteiger partial charge on any atom is 0.416 e. The molecule has 0 aliphatic heterocycles. The Morgan fingerprint density at radius 3 is 2.46 bits per heavy atom. The van der Waals surface area contributed by atoms with Gasteiger partial charge in [0.2, 0.25) is 0 Å². The summed E-state index contributed by atoms with van der Waals surface area (Å²) >= 11 is 0. The van der Waals surface area contributed by atoms with Crippen LogP contribution in [0.15, 0.2) is 30.5 Å². The Bertz CT molecular complexity index is 1440. The van der Waals surface area contributed by atoms with Crippen molar-refractivity contribution in [1.29, 1.82) is 0 Å². The molecule has 1 fully saturated rings. The maximum absolute atomic E-state index is 13.6. The molecule has 1 aliphatic rings. The second-order valence-electron chi connectivity index (χ2n) is 10.3. The van der Waals surface area contributed by atoms with Crippen molar-refractivity contribution in [3.05, 3.63) is 52.7 Å². The van der Waals surface area contributed by atoms with Crippen molar-refractivity contribution in [2.45, 2.75) is 65.8 Å². The normalized spacial score (nSPS) is 14.1. The summed E-state index contributed by atoms with van der Waals surface area (Å²) in [5, 5.41) is 18.0. The first-order chi connectivity index (χ1) is 18.6. The summed E-state index contributed by atoms with van der Waals surface area (Å²) < 4.78 is 42.6. The molecule has 1 aliphatic carbocycles. The Labute approximate surface area is 225 Å². The van der Waals surface area contributed by atoms with E-state index < -0.39 is 11.7 Å². The summed E-state index contributed by atoms with van der Waals surface area (Å²) in [5.74, 6) is 1.84. The van der Waals surface area contributed by atoms with Gasteiger partial charge in [-0.15, -0.1) is 5.10 Å². The van der Waals surface area contributed by atoms with E-state index in [0.29, 0.717) is 36.1 Å². The number of hydrogen-bond acceptors (Lipinski definition) is 7. The molecule has 1 aromatic carbocycles. The molecule has 1 saturated carbocycles. The van der Waals surface area contributed by atoms with E-state index in [1.54, 1.807) is 20.0 Å². The predicted octanol–water partition coefficient (Wildman–Crippen LogP) is 5.14. The molecular weight excluding hydrogens is 507 g/mol. The Balaban J connectivity index is 1.56. The van der Waals surface area contributed by atoms with E-state index in [4.69, 9.17) is 4.98 Å². The molecule has 4 aromatic rings. The number of pyridine rings is 1. The van der Waals surface area contributed by atoms with Gasteiger partial charge < -0.3 is 9.80 Å². The van der Waals surface area contributed by atoms with Gasteiger partial charge in [-0.1, -0.05) is 23.1 Å². The standard InChI is InChI=1S/C27H34F3N9/c1-5-37(15-19-8-7-9-19)24-22(13-21-14-31-39(6-2)25(21)32-24)17-38(26-33-35-36(4)34-26)16-20-10-18(3)11-23(12-20)27(28,29)30/h10-14,19H,5-9,15-17H2,1-4H3. The van der Waals surface area contributed by atoms with Crippen LogP contribution in [0.25, 0.3) is 11.0 Å². The molecule has 0 N–H and O–H groups in total. The van der Waals surface area contributed by atoms with Crippen molar-refractivity contribution >= 4 is 22.8 Å². The number of aromatic nitrogens is 7. The van der Waals surface area contributed by atoms with Gasteiger partial charge >= 0.3 is 6.18 Å². The molecule has 5 rings (SSSR count). The topological polar surface area (TPSA) is 80.8 Å². The Morgan fingerprint density at radius 2 is 1.85 bits per heavy atom. The van der Waals surface area contributed by atoms with Crippen LogP contribution in [-0.4, -0.2) is 48.1 Å². The smallest absolute Gasteiger partial charge is 0.356 e. The van der Waals surface area contributed by atoms with Gasteiger partial charge in [0.1, 0.15) is 5.82 Å². The summed E-state index contributed by atoms with van der Waals surface area (Å²) in [5.41, 5.74) is 2.15. The van der Waals surface area contributed by atoms with Crippen LogP contribution in [0.5, 0.6) is 0 Å². The molecule has 0 amide bonds. The lowest BCUT2D eigenvalue weighted by Gasteiger charge is -2.34. The van der Waals surface area contributed by atoms with Crippen LogP contribution in [0.4, 0.5) is 24.9 Å². The maximum atomic E-state index is 13.6. The van der Waals surface area contributed by atoms with Crippen molar-refractivity contribution in [2.24, 2.45) is 13.0 Å². The molecule has 39 heavy (non-hydrogen) atoms. The molecule has 3 aromatic heterocycles. The highest BCUT2D eigenvalue weighted by Gasteiger charge is 2.31. The van der Waals surface area contributed by atoms with E-state index in [0.717, 1.165) is 41.6 Å². The van der Waals surface area contributed by atoms with Crippen LogP contribution < -0.4 is 9.80 Å². The van der Waals surface area contributed by atoms with Crippen LogP contribution in [0.2, 0.25) is 0 Å². The summed E-state index contributed by atoms with van der Waals surface area (Å²) in [7, 11) is 1.67. The summed E-state index contributed by atoms with van der Waals surface area (Å²) in [6.45, 7) is 8.76. The van der Waals surface area contributed by atoms with Crippen LogP contribution in [-0.2, 0) is 32.9 Å². The molecule has 0 saturated heterocycles. The van der Waals surface area contributed by atoms with Crippen molar-refractivity contribution in [3.63, 3.8) is 0 Å². The third-order valence-electron chi connectivity index (χ3n) is 7.33. The number of benzene rings is 1. The van der Waals surface area contributed by atoms with Gasteiger partial charge in [0.15, 0.2) is 5.65 Å². The molecule has 12 heteroatoms. The largest absolute Gasteiger partial charge is 0.416 e. The highest BCUT2D eigenvalue weighted by Crippen LogP contribution is 2.33. The number of aryl methyl sites for hydroxylation is 3. The lowest BCUT2D eigenvalue weighted by Crippen LogP contribution is -2.34. The minimum Gasteiger partial charge on any atom is -0.356 e. The Kier molecular flexibility index (Phi) is 7.46. The number of anilines is 2. The van der Waals surface area contributed by atoms with E-state index in [2.05, 4.69) is 38.4 Å². The fourth-order valence-electron chi connectivity index (χ4n) is 5.16. The van der Waals surface area contributed by atoms with E-state index in [9.17, 15) is 13.2 Å². The number of alkyl halides is 3. The van der Waals surface area contributed by atoms with Gasteiger partial charge in [-0.3, -0.25) is 0 Å². The van der Waals surface area contributed by atoms with E-state index in [-0.39, 0.29) is 6.54 Å². The highest BCUT2D eigenvalue weighted by atomic mass is 19.4. The van der Waals surface area contributed by atoms with Crippen molar-refractivity contribution in [1.82, 2.24) is 35.0 Å². The minimum atomic E-state index is -4.43. The lowest BCUT2D eigenvalue weighted by molar-refractivity contribution is -0.137. The lowest BCUT2D eigenvalue weighted by atomic mass is 9.85. The van der Waals surface area contributed by atoms with E-state index in [1.165, 1.54) is 30.1 Å². The highest BCUT2D eigenvalue weighted by molar-refractivity contribution is 5.79. The fourth-order valence-corrected chi connectivity index (χ4v) is 5.16. The van der Waals surface area contributed by atoms with E-state index in [1.807, 2.05) is 22.7 Å². The molecule has 208 valence electrons. The Hall–Kier alpha value is -3.70. The molecule has 0 radical (unpaired) electrons. The average molecular weight is 542 g/mol. The first-order valence-electron chi connectivity index (χ1n) is 13.4. The molecule has 3 heterocycles. The van der Waals surface area contributed by atoms with Crippen LogP contribution in [0, 0.1) is 12.8 Å². The van der Waals surface area contributed by atoms with Crippen LogP contribution in [0.1, 0.15) is 55.4 Å². The first-order valence-corrected chi connectivity index (χ1v) is 13.4. The number of tetrazole rings is 1. The van der Waals surface area contributed by atoms with Crippen LogP contribution in [0.3, 0.4) is 0 Å². The number of nitrogens with zero attached hydrogens (tertiary/aromatic N) is 9. The average Bonchev–Trinajstić information content (AvgIpc) is 3.47. The summed E-state index contributed by atoms with van der Waals surface area (Å²) in [4.78, 5) is 10.6. The van der Waals surface area contributed by atoms with Gasteiger partial charge in [0.25, 0.3) is 5.95 Å². The third-order valence-corrected chi connectivity index (χ3v) is 7.33. The molecule has 0 unspecified atom stereocenters. The second kappa shape index (κ2) is 10.8.